The lowest BCUT2D eigenvalue weighted by atomic mass is 9.82. The van der Waals surface area contributed by atoms with Crippen molar-refractivity contribution in [2.45, 2.75) is 83.9 Å². The van der Waals surface area contributed by atoms with Crippen molar-refractivity contribution in [1.82, 2.24) is 9.03 Å². The molecule has 0 aromatic heterocycles. The van der Waals surface area contributed by atoms with Gasteiger partial charge in [0.25, 0.3) is 5.91 Å². The number of benzene rings is 1. The highest BCUT2D eigenvalue weighted by Crippen LogP contribution is 2.39. The van der Waals surface area contributed by atoms with Crippen LogP contribution in [0.1, 0.15) is 74.9 Å². The van der Waals surface area contributed by atoms with Crippen molar-refractivity contribution < 1.29 is 44.0 Å². The molecule has 1 N–H and O–H groups in total. The topological polar surface area (TPSA) is 75.7 Å². The van der Waals surface area contributed by atoms with E-state index >= 15 is 0 Å². The summed E-state index contributed by atoms with van der Waals surface area (Å²) in [6.45, 7) is 13.1. The number of amides is 1. The minimum atomic E-state index is -5.17. The van der Waals surface area contributed by atoms with Gasteiger partial charge in [-0.25, -0.2) is 4.72 Å². The average molecular weight is 605 g/mol. The Bertz CT molecular complexity index is 1080. The highest BCUT2D eigenvalue weighted by Gasteiger charge is 2.39. The van der Waals surface area contributed by atoms with Gasteiger partial charge in [0, 0.05) is 25.3 Å². The van der Waals surface area contributed by atoms with Gasteiger partial charge in [0.2, 0.25) is 0 Å². The Kier molecular flexibility index (Phi) is 10.4. The van der Waals surface area contributed by atoms with Crippen LogP contribution in [0, 0.1) is 11.8 Å². The first-order chi connectivity index (χ1) is 17.6. The highest BCUT2D eigenvalue weighted by molar-refractivity contribution is 7.87. The predicted molar refractivity (Wildman–Crippen MR) is 139 cm³/mol. The SMILES string of the molecule is CCN(CC1CCC(CO[Si](C)(C)C(C)(C)C)CC1)S(=O)(=O)NC(=O)c1cc(C(F)(F)F)cc(C(F)(F)F)c1. The van der Waals surface area contributed by atoms with Crippen LogP contribution in [0.2, 0.25) is 18.1 Å². The molecule has 39 heavy (non-hydrogen) atoms. The third kappa shape index (κ3) is 9.18. The molecule has 0 saturated heterocycles. The van der Waals surface area contributed by atoms with Crippen LogP contribution in [0.15, 0.2) is 18.2 Å². The molecule has 0 atom stereocenters. The predicted octanol–water partition coefficient (Wildman–Crippen LogP) is 6.85. The standard InChI is InChI=1S/C25H38F6N2O4SSi/c1-7-33(15-17-8-10-18(11-9-17)16-37-39(5,6)23(2,3)4)38(35,36)32-22(34)19-12-20(24(26,27)28)14-21(13-19)25(29,30)31/h12-14,17-18H,7-11,15-16H2,1-6H3,(H,32,34). The first kappa shape index (κ1) is 33.6. The van der Waals surface area contributed by atoms with Gasteiger partial charge >= 0.3 is 22.6 Å². The maximum absolute atomic E-state index is 13.1. The van der Waals surface area contributed by atoms with Gasteiger partial charge in [0.05, 0.1) is 11.1 Å². The molecular weight excluding hydrogens is 566 g/mol. The van der Waals surface area contributed by atoms with Gasteiger partial charge in [-0.15, -0.1) is 0 Å². The molecule has 224 valence electrons. The summed E-state index contributed by atoms with van der Waals surface area (Å²) in [5.41, 5.74) is -4.47. The second-order valence-corrected chi connectivity index (χ2v) is 18.1. The Morgan fingerprint density at radius 2 is 1.41 bits per heavy atom. The van der Waals surface area contributed by atoms with E-state index in [0.29, 0.717) is 12.5 Å². The van der Waals surface area contributed by atoms with Crippen LogP contribution in [0.25, 0.3) is 0 Å². The number of hydrogen-bond donors (Lipinski definition) is 1. The fraction of sp³-hybridized carbons (Fsp3) is 0.720. The largest absolute Gasteiger partial charge is 0.417 e. The van der Waals surface area contributed by atoms with Crippen molar-refractivity contribution in [3.8, 4) is 0 Å². The quantitative estimate of drug-likeness (QED) is 0.247. The fourth-order valence-electron chi connectivity index (χ4n) is 4.14. The summed E-state index contributed by atoms with van der Waals surface area (Å²) >= 11 is 0. The average Bonchev–Trinajstić information content (AvgIpc) is 2.79. The third-order valence-corrected chi connectivity index (χ3v) is 13.7. The third-order valence-electron chi connectivity index (χ3n) is 7.68. The van der Waals surface area contributed by atoms with E-state index in [-0.39, 0.29) is 42.2 Å². The van der Waals surface area contributed by atoms with Crippen molar-refractivity contribution in [2.24, 2.45) is 11.8 Å². The number of halogens is 6. The lowest BCUT2D eigenvalue weighted by Crippen LogP contribution is -2.46. The molecule has 0 bridgehead atoms. The first-order valence-corrected chi connectivity index (χ1v) is 17.2. The van der Waals surface area contributed by atoms with Crippen LogP contribution in [0.5, 0.6) is 0 Å². The molecule has 1 fully saturated rings. The van der Waals surface area contributed by atoms with E-state index in [1.54, 1.807) is 4.72 Å². The van der Waals surface area contributed by atoms with E-state index in [1.807, 2.05) is 0 Å². The van der Waals surface area contributed by atoms with Gasteiger partial charge in [-0.1, -0.05) is 27.7 Å². The Labute approximate surface area is 227 Å². The Hall–Kier alpha value is -1.64. The van der Waals surface area contributed by atoms with Crippen LogP contribution in [0.3, 0.4) is 0 Å². The van der Waals surface area contributed by atoms with E-state index in [1.165, 1.54) is 6.92 Å². The molecule has 0 heterocycles. The highest BCUT2D eigenvalue weighted by atomic mass is 32.2. The molecule has 0 aliphatic heterocycles. The molecule has 1 aromatic carbocycles. The summed E-state index contributed by atoms with van der Waals surface area (Å²) < 4.78 is 114. The van der Waals surface area contributed by atoms with E-state index in [4.69, 9.17) is 4.43 Å². The van der Waals surface area contributed by atoms with Gasteiger partial charge in [0.1, 0.15) is 0 Å². The van der Waals surface area contributed by atoms with Crippen molar-refractivity contribution in [2.75, 3.05) is 19.7 Å². The number of carbonyl (C=O) groups is 1. The van der Waals surface area contributed by atoms with Gasteiger partial charge < -0.3 is 4.43 Å². The van der Waals surface area contributed by atoms with Crippen LogP contribution in [-0.4, -0.2) is 46.6 Å². The van der Waals surface area contributed by atoms with Gasteiger partial charge in [-0.05, 0) is 73.9 Å². The lowest BCUT2D eigenvalue weighted by Gasteiger charge is -2.38. The summed E-state index contributed by atoms with van der Waals surface area (Å²) in [5, 5.41) is 0.0903. The summed E-state index contributed by atoms with van der Waals surface area (Å²) in [4.78, 5) is 12.5. The monoisotopic (exact) mass is 604 g/mol. The van der Waals surface area contributed by atoms with Crippen LogP contribution < -0.4 is 4.72 Å². The minimum Gasteiger partial charge on any atom is -0.417 e. The smallest absolute Gasteiger partial charge is 0.416 e. The molecule has 1 aromatic rings. The molecule has 1 saturated carbocycles. The summed E-state index contributed by atoms with van der Waals surface area (Å²) in [7, 11) is -6.41. The zero-order chi connectivity index (χ0) is 30.0. The fourth-order valence-corrected chi connectivity index (χ4v) is 6.45. The zero-order valence-corrected chi connectivity index (χ0v) is 24.9. The van der Waals surface area contributed by atoms with E-state index in [2.05, 4.69) is 33.9 Å². The number of carbonyl (C=O) groups excluding carboxylic acids is 1. The molecule has 2 rings (SSSR count). The van der Waals surface area contributed by atoms with E-state index in [0.717, 1.165) is 30.0 Å². The number of nitrogens with one attached hydrogen (secondary N) is 1. The summed E-state index contributed by atoms with van der Waals surface area (Å²) in [5.74, 6) is -1.23. The van der Waals surface area contributed by atoms with Crippen molar-refractivity contribution >= 4 is 24.4 Å². The second kappa shape index (κ2) is 12.1. The van der Waals surface area contributed by atoms with E-state index in [9.17, 15) is 39.6 Å². The van der Waals surface area contributed by atoms with Crippen molar-refractivity contribution in [3.63, 3.8) is 0 Å². The molecule has 6 nitrogen and oxygen atoms in total. The van der Waals surface area contributed by atoms with Crippen LogP contribution >= 0.6 is 0 Å². The van der Waals surface area contributed by atoms with Crippen molar-refractivity contribution in [1.29, 1.82) is 0 Å². The first-order valence-electron chi connectivity index (χ1n) is 12.8. The molecule has 0 unspecified atom stereocenters. The lowest BCUT2D eigenvalue weighted by molar-refractivity contribution is -0.143. The van der Waals surface area contributed by atoms with Gasteiger partial charge in [-0.3, -0.25) is 4.79 Å². The van der Waals surface area contributed by atoms with Crippen molar-refractivity contribution in [3.05, 3.63) is 34.9 Å². The number of nitrogens with zero attached hydrogens (tertiary/aromatic N) is 1. The number of hydrogen-bond acceptors (Lipinski definition) is 4. The molecule has 1 aliphatic carbocycles. The zero-order valence-electron chi connectivity index (χ0n) is 23.1. The Morgan fingerprint density at radius 3 is 1.82 bits per heavy atom. The van der Waals surface area contributed by atoms with Crippen LogP contribution in [-0.2, 0) is 27.0 Å². The normalized spacial score (nSPS) is 19.8. The Balaban J connectivity index is 2.06. The van der Waals surface area contributed by atoms with Gasteiger partial charge in [-0.2, -0.15) is 39.1 Å². The maximum atomic E-state index is 13.1. The van der Waals surface area contributed by atoms with Crippen LogP contribution in [0.4, 0.5) is 26.3 Å². The summed E-state index contributed by atoms with van der Waals surface area (Å²) in [6, 6.07) is 0.268. The minimum absolute atomic E-state index is 0.00821. The number of alkyl halides is 6. The second-order valence-electron chi connectivity index (χ2n) is 11.6. The molecule has 1 amide bonds. The molecule has 1 aliphatic rings. The summed E-state index contributed by atoms with van der Waals surface area (Å²) in [6.07, 6.45) is -7.19. The number of rotatable bonds is 9. The van der Waals surface area contributed by atoms with E-state index < -0.39 is 53.5 Å². The molecular formula is C25H38F6N2O4SSi. The Morgan fingerprint density at radius 1 is 0.949 bits per heavy atom. The molecule has 0 spiro atoms. The molecule has 14 heteroatoms. The van der Waals surface area contributed by atoms with Gasteiger partial charge in [0.15, 0.2) is 8.32 Å². The molecule has 0 radical (unpaired) electrons. The maximum Gasteiger partial charge on any atom is 0.416 e.